The maximum atomic E-state index is 13.2. The average Bonchev–Trinajstić information content (AvgIpc) is 2.35. The monoisotopic (exact) mass is 283 g/mol. The predicted octanol–water partition coefficient (Wildman–Crippen LogP) is 4.57. The van der Waals surface area contributed by atoms with Gasteiger partial charge in [-0.3, -0.25) is 4.90 Å². The van der Waals surface area contributed by atoms with Crippen molar-refractivity contribution in [1.29, 1.82) is 0 Å². The SMILES string of the molecule is C=CCN(Cc1ccccc1)C(CC(=C)C)C(F)(F)F. The molecular weight excluding hydrogens is 263 g/mol. The van der Waals surface area contributed by atoms with Crippen LogP contribution in [0.15, 0.2) is 55.1 Å². The van der Waals surface area contributed by atoms with E-state index < -0.39 is 12.2 Å². The van der Waals surface area contributed by atoms with Crippen molar-refractivity contribution in [3.8, 4) is 0 Å². The normalized spacial score (nSPS) is 13.2. The fourth-order valence-electron chi connectivity index (χ4n) is 2.07. The van der Waals surface area contributed by atoms with E-state index >= 15 is 0 Å². The second-order valence-electron chi connectivity index (χ2n) is 4.92. The van der Waals surface area contributed by atoms with E-state index in [1.807, 2.05) is 30.3 Å². The van der Waals surface area contributed by atoms with Gasteiger partial charge in [0.2, 0.25) is 0 Å². The molecule has 0 aromatic heterocycles. The van der Waals surface area contributed by atoms with Crippen LogP contribution in [0.25, 0.3) is 0 Å². The molecule has 4 heteroatoms. The number of benzene rings is 1. The maximum absolute atomic E-state index is 13.2. The highest BCUT2D eigenvalue weighted by Crippen LogP contribution is 2.30. The first-order valence-corrected chi connectivity index (χ1v) is 6.44. The molecule has 1 unspecified atom stereocenters. The van der Waals surface area contributed by atoms with Crippen molar-refractivity contribution in [3.05, 3.63) is 60.7 Å². The second-order valence-corrected chi connectivity index (χ2v) is 4.92. The van der Waals surface area contributed by atoms with Gasteiger partial charge in [0.15, 0.2) is 0 Å². The summed E-state index contributed by atoms with van der Waals surface area (Å²) in [7, 11) is 0. The van der Waals surface area contributed by atoms with Gasteiger partial charge in [0.25, 0.3) is 0 Å². The molecule has 110 valence electrons. The molecule has 1 aromatic rings. The van der Waals surface area contributed by atoms with Gasteiger partial charge in [-0.05, 0) is 18.9 Å². The van der Waals surface area contributed by atoms with Crippen molar-refractivity contribution in [3.63, 3.8) is 0 Å². The molecule has 1 aromatic carbocycles. The molecule has 20 heavy (non-hydrogen) atoms. The number of hydrogen-bond acceptors (Lipinski definition) is 1. The molecule has 0 bridgehead atoms. The average molecular weight is 283 g/mol. The Bertz CT molecular complexity index is 437. The predicted molar refractivity (Wildman–Crippen MR) is 76.3 cm³/mol. The molecule has 0 radical (unpaired) electrons. The van der Waals surface area contributed by atoms with Gasteiger partial charge >= 0.3 is 6.18 Å². The van der Waals surface area contributed by atoms with Crippen LogP contribution in [0.4, 0.5) is 13.2 Å². The Morgan fingerprint density at radius 2 is 1.90 bits per heavy atom. The van der Waals surface area contributed by atoms with Crippen LogP contribution in [0.1, 0.15) is 18.9 Å². The van der Waals surface area contributed by atoms with Gasteiger partial charge in [0.05, 0.1) is 0 Å². The summed E-state index contributed by atoms with van der Waals surface area (Å²) in [5, 5.41) is 0. The molecule has 0 fully saturated rings. The highest BCUT2D eigenvalue weighted by molar-refractivity contribution is 5.15. The summed E-state index contributed by atoms with van der Waals surface area (Å²) < 4.78 is 39.7. The lowest BCUT2D eigenvalue weighted by molar-refractivity contribution is -0.183. The summed E-state index contributed by atoms with van der Waals surface area (Å²) in [5.74, 6) is 0. The van der Waals surface area contributed by atoms with E-state index in [2.05, 4.69) is 13.2 Å². The Morgan fingerprint density at radius 1 is 1.30 bits per heavy atom. The fourth-order valence-corrected chi connectivity index (χ4v) is 2.07. The molecule has 0 spiro atoms. The maximum Gasteiger partial charge on any atom is 0.404 e. The molecule has 0 saturated heterocycles. The van der Waals surface area contributed by atoms with Gasteiger partial charge in [-0.2, -0.15) is 13.2 Å². The molecule has 0 aliphatic rings. The third-order valence-corrected chi connectivity index (χ3v) is 2.95. The van der Waals surface area contributed by atoms with E-state index in [-0.39, 0.29) is 19.5 Å². The van der Waals surface area contributed by atoms with Crippen LogP contribution < -0.4 is 0 Å². The van der Waals surface area contributed by atoms with E-state index in [1.165, 1.54) is 11.0 Å². The van der Waals surface area contributed by atoms with Crippen molar-refractivity contribution in [2.75, 3.05) is 6.54 Å². The zero-order chi connectivity index (χ0) is 15.2. The van der Waals surface area contributed by atoms with Crippen molar-refractivity contribution in [2.45, 2.75) is 32.1 Å². The standard InChI is InChI=1S/C16H20F3N/c1-4-10-20(12-14-8-6-5-7-9-14)15(11-13(2)3)16(17,18)19/h4-9,15H,1-2,10-12H2,3H3. The van der Waals surface area contributed by atoms with Crippen LogP contribution in [0.2, 0.25) is 0 Å². The van der Waals surface area contributed by atoms with Crippen LogP contribution in [0, 0.1) is 0 Å². The molecule has 0 N–H and O–H groups in total. The Hall–Kier alpha value is -1.55. The van der Waals surface area contributed by atoms with Gasteiger partial charge < -0.3 is 0 Å². The van der Waals surface area contributed by atoms with Crippen LogP contribution in [0.5, 0.6) is 0 Å². The lowest BCUT2D eigenvalue weighted by Gasteiger charge is -2.32. The first-order chi connectivity index (χ1) is 9.34. The number of halogens is 3. The second kappa shape index (κ2) is 7.29. The van der Waals surface area contributed by atoms with Gasteiger partial charge in [-0.25, -0.2) is 0 Å². The van der Waals surface area contributed by atoms with Crippen LogP contribution in [-0.2, 0) is 6.54 Å². The molecule has 0 aliphatic carbocycles. The largest absolute Gasteiger partial charge is 0.404 e. The first kappa shape index (κ1) is 16.5. The lowest BCUT2D eigenvalue weighted by atomic mass is 10.1. The van der Waals surface area contributed by atoms with E-state index in [0.29, 0.717) is 5.57 Å². The fraction of sp³-hybridized carbons (Fsp3) is 0.375. The molecule has 1 nitrogen and oxygen atoms in total. The number of nitrogens with zero attached hydrogens (tertiary/aromatic N) is 1. The summed E-state index contributed by atoms with van der Waals surface area (Å²) >= 11 is 0. The van der Waals surface area contributed by atoms with Gasteiger partial charge in [-0.15, -0.1) is 13.2 Å². The number of alkyl halides is 3. The number of rotatable bonds is 7. The molecule has 0 heterocycles. The Morgan fingerprint density at radius 3 is 2.35 bits per heavy atom. The molecular formula is C16H20F3N. The molecule has 0 saturated carbocycles. The minimum Gasteiger partial charge on any atom is -0.284 e. The van der Waals surface area contributed by atoms with E-state index in [4.69, 9.17) is 0 Å². The van der Waals surface area contributed by atoms with E-state index in [0.717, 1.165) is 5.56 Å². The van der Waals surface area contributed by atoms with Crippen molar-refractivity contribution in [1.82, 2.24) is 4.90 Å². The third kappa shape index (κ3) is 5.21. The molecule has 1 atom stereocenters. The number of hydrogen-bond donors (Lipinski definition) is 0. The Balaban J connectivity index is 2.95. The van der Waals surface area contributed by atoms with Gasteiger partial charge in [-0.1, -0.05) is 42.0 Å². The minimum absolute atomic E-state index is 0.0931. The van der Waals surface area contributed by atoms with Gasteiger partial charge in [0.1, 0.15) is 6.04 Å². The highest BCUT2D eigenvalue weighted by Gasteiger charge is 2.42. The summed E-state index contributed by atoms with van der Waals surface area (Å²) in [5.41, 5.74) is 1.37. The molecule has 0 amide bonds. The summed E-state index contributed by atoms with van der Waals surface area (Å²) in [6.45, 7) is 9.21. The zero-order valence-electron chi connectivity index (χ0n) is 11.7. The Kier molecular flexibility index (Phi) is 6.02. The van der Waals surface area contributed by atoms with Crippen LogP contribution in [-0.4, -0.2) is 23.7 Å². The third-order valence-electron chi connectivity index (χ3n) is 2.95. The van der Waals surface area contributed by atoms with E-state index in [9.17, 15) is 13.2 Å². The summed E-state index contributed by atoms with van der Waals surface area (Å²) in [6.07, 6.45) is -2.87. The molecule has 0 aliphatic heterocycles. The topological polar surface area (TPSA) is 3.24 Å². The van der Waals surface area contributed by atoms with Crippen molar-refractivity contribution >= 4 is 0 Å². The van der Waals surface area contributed by atoms with Crippen molar-refractivity contribution in [2.24, 2.45) is 0 Å². The van der Waals surface area contributed by atoms with Crippen molar-refractivity contribution < 1.29 is 13.2 Å². The first-order valence-electron chi connectivity index (χ1n) is 6.44. The van der Waals surface area contributed by atoms with Gasteiger partial charge in [0, 0.05) is 13.1 Å². The quantitative estimate of drug-likeness (QED) is 0.662. The summed E-state index contributed by atoms with van der Waals surface area (Å²) in [4.78, 5) is 1.39. The minimum atomic E-state index is -4.28. The molecule has 1 rings (SSSR count). The highest BCUT2D eigenvalue weighted by atomic mass is 19.4. The zero-order valence-corrected chi connectivity index (χ0v) is 11.7. The Labute approximate surface area is 118 Å². The van der Waals surface area contributed by atoms with Crippen LogP contribution in [0.3, 0.4) is 0 Å². The smallest absolute Gasteiger partial charge is 0.284 e. The van der Waals surface area contributed by atoms with Crippen LogP contribution >= 0.6 is 0 Å². The summed E-state index contributed by atoms with van der Waals surface area (Å²) in [6, 6.07) is 7.61. The lowest BCUT2D eigenvalue weighted by Crippen LogP contribution is -2.45. The van der Waals surface area contributed by atoms with E-state index in [1.54, 1.807) is 6.92 Å².